The van der Waals surface area contributed by atoms with Gasteiger partial charge >= 0.3 is 0 Å². The molecule has 0 unspecified atom stereocenters. The summed E-state index contributed by atoms with van der Waals surface area (Å²) in [5.41, 5.74) is 3.61. The number of amides is 1. The highest BCUT2D eigenvalue weighted by molar-refractivity contribution is 5.97. The van der Waals surface area contributed by atoms with Crippen molar-refractivity contribution in [1.82, 2.24) is 9.88 Å². The quantitative estimate of drug-likeness (QED) is 0.617. The van der Waals surface area contributed by atoms with E-state index in [-0.39, 0.29) is 5.91 Å². The number of nitrogens with one attached hydrogen (secondary N) is 1. The second-order valence-corrected chi connectivity index (χ2v) is 7.96. The zero-order valence-corrected chi connectivity index (χ0v) is 18.6. The van der Waals surface area contributed by atoms with Crippen LogP contribution in [-0.4, -0.2) is 45.0 Å². The van der Waals surface area contributed by atoms with E-state index in [1.165, 1.54) is 32.1 Å². The Kier molecular flexibility index (Phi) is 7.80. The first kappa shape index (κ1) is 22.2. The lowest BCUT2D eigenvalue weighted by molar-refractivity contribution is 0.0936. The summed E-state index contributed by atoms with van der Waals surface area (Å²) in [7, 11) is 4.96. The van der Waals surface area contributed by atoms with E-state index in [1.54, 1.807) is 21.3 Å². The number of rotatable bonds is 9. The van der Waals surface area contributed by atoms with E-state index in [4.69, 9.17) is 14.2 Å². The summed E-state index contributed by atoms with van der Waals surface area (Å²) in [6.45, 7) is 3.92. The van der Waals surface area contributed by atoms with Crippen molar-refractivity contribution >= 4 is 5.91 Å². The fourth-order valence-electron chi connectivity index (χ4n) is 4.34. The predicted molar refractivity (Wildman–Crippen MR) is 118 cm³/mol. The lowest BCUT2D eigenvalue weighted by Crippen LogP contribution is -2.27. The Morgan fingerprint density at radius 2 is 1.87 bits per heavy atom. The lowest BCUT2D eigenvalue weighted by atomic mass is 9.89. The van der Waals surface area contributed by atoms with Gasteiger partial charge in [0, 0.05) is 31.5 Å². The average molecular weight is 415 g/mol. The number of hydrogen-bond acceptors (Lipinski definition) is 4. The minimum Gasteiger partial charge on any atom is -0.497 e. The molecule has 0 spiro atoms. The van der Waals surface area contributed by atoms with Gasteiger partial charge in [0.15, 0.2) is 0 Å². The van der Waals surface area contributed by atoms with E-state index in [0.29, 0.717) is 24.6 Å². The summed E-state index contributed by atoms with van der Waals surface area (Å²) in [4.78, 5) is 12.9. The third-order valence-corrected chi connectivity index (χ3v) is 6.05. The molecule has 1 N–H and O–H groups in total. The Balaban J connectivity index is 2.03. The first-order valence-electron chi connectivity index (χ1n) is 10.8. The summed E-state index contributed by atoms with van der Waals surface area (Å²) in [6, 6.07) is 7.77. The summed E-state index contributed by atoms with van der Waals surface area (Å²) in [5, 5.41) is 2.95. The van der Waals surface area contributed by atoms with E-state index in [0.717, 1.165) is 35.0 Å². The van der Waals surface area contributed by atoms with Gasteiger partial charge in [-0.3, -0.25) is 4.79 Å². The maximum Gasteiger partial charge on any atom is 0.253 e. The molecule has 3 rings (SSSR count). The monoisotopic (exact) mass is 414 g/mol. The maximum atomic E-state index is 12.9. The molecule has 2 aromatic rings. The van der Waals surface area contributed by atoms with Crippen LogP contribution in [0.5, 0.6) is 11.5 Å². The molecule has 1 aromatic heterocycles. The summed E-state index contributed by atoms with van der Waals surface area (Å²) < 4.78 is 18.5. The largest absolute Gasteiger partial charge is 0.497 e. The van der Waals surface area contributed by atoms with Crippen molar-refractivity contribution < 1.29 is 19.0 Å². The van der Waals surface area contributed by atoms with Crippen LogP contribution in [0, 0.1) is 12.8 Å². The zero-order valence-electron chi connectivity index (χ0n) is 18.6. The molecule has 1 saturated carbocycles. The van der Waals surface area contributed by atoms with Crippen LogP contribution in [0.4, 0.5) is 0 Å². The molecule has 0 radical (unpaired) electrons. The van der Waals surface area contributed by atoms with Crippen LogP contribution in [0.2, 0.25) is 0 Å². The predicted octanol–water partition coefficient (Wildman–Crippen LogP) is 4.44. The zero-order chi connectivity index (χ0) is 21.5. The maximum absolute atomic E-state index is 12.9. The normalized spacial score (nSPS) is 14.5. The smallest absolute Gasteiger partial charge is 0.253 e. The van der Waals surface area contributed by atoms with Crippen molar-refractivity contribution in [3.8, 4) is 22.8 Å². The highest BCUT2D eigenvalue weighted by Gasteiger charge is 2.23. The number of ether oxygens (including phenoxy) is 3. The number of hydrogen-bond donors (Lipinski definition) is 1. The van der Waals surface area contributed by atoms with Crippen LogP contribution in [-0.2, 0) is 11.3 Å². The minimum atomic E-state index is -0.0740. The molecule has 6 heteroatoms. The van der Waals surface area contributed by atoms with Gasteiger partial charge in [-0.25, -0.2) is 0 Å². The number of carbonyl (C=O) groups is 1. The molecule has 164 valence electrons. The second kappa shape index (κ2) is 10.5. The van der Waals surface area contributed by atoms with E-state index in [1.807, 2.05) is 31.2 Å². The number of carbonyl (C=O) groups excluding carboxylic acids is 1. The molecule has 6 nitrogen and oxygen atoms in total. The molecule has 0 bridgehead atoms. The summed E-state index contributed by atoms with van der Waals surface area (Å²) in [5.74, 6) is 2.09. The Labute approximate surface area is 179 Å². The average Bonchev–Trinajstić information content (AvgIpc) is 3.10. The number of methoxy groups -OCH3 is 3. The van der Waals surface area contributed by atoms with Crippen molar-refractivity contribution in [3.05, 3.63) is 35.5 Å². The molecule has 30 heavy (non-hydrogen) atoms. The lowest BCUT2D eigenvalue weighted by Gasteiger charge is -2.24. The molecule has 1 amide bonds. The first-order chi connectivity index (χ1) is 14.6. The molecule has 1 fully saturated rings. The highest BCUT2D eigenvalue weighted by atomic mass is 16.5. The third-order valence-electron chi connectivity index (χ3n) is 6.05. The van der Waals surface area contributed by atoms with Crippen LogP contribution < -0.4 is 14.8 Å². The van der Waals surface area contributed by atoms with Crippen molar-refractivity contribution in [2.24, 2.45) is 5.92 Å². The molecule has 0 atom stereocenters. The van der Waals surface area contributed by atoms with E-state index < -0.39 is 0 Å². The number of benzene rings is 1. The van der Waals surface area contributed by atoms with Crippen molar-refractivity contribution in [3.63, 3.8) is 0 Å². The SMILES string of the molecule is COCCNC(=O)c1cc(-c2cc(OC)ccc2OC)n(CC2CCCCC2)c1C. The third kappa shape index (κ3) is 4.98. The van der Waals surface area contributed by atoms with Crippen LogP contribution in [0.1, 0.15) is 48.2 Å². The first-order valence-corrected chi connectivity index (χ1v) is 10.8. The van der Waals surface area contributed by atoms with Crippen LogP contribution >= 0.6 is 0 Å². The fourth-order valence-corrected chi connectivity index (χ4v) is 4.34. The number of aromatic nitrogens is 1. The molecule has 1 aliphatic rings. The Morgan fingerprint density at radius 1 is 1.10 bits per heavy atom. The van der Waals surface area contributed by atoms with Gasteiger partial charge < -0.3 is 24.1 Å². The molecule has 1 aliphatic carbocycles. The Bertz CT molecular complexity index is 853. The van der Waals surface area contributed by atoms with Gasteiger partial charge in [0.1, 0.15) is 11.5 Å². The molecule has 0 saturated heterocycles. The summed E-state index contributed by atoms with van der Waals surface area (Å²) in [6.07, 6.45) is 6.37. The van der Waals surface area contributed by atoms with Gasteiger partial charge in [0.05, 0.1) is 32.1 Å². The van der Waals surface area contributed by atoms with Gasteiger partial charge in [-0.15, -0.1) is 0 Å². The van der Waals surface area contributed by atoms with Gasteiger partial charge in [-0.05, 0) is 49.9 Å². The van der Waals surface area contributed by atoms with E-state index in [9.17, 15) is 4.79 Å². The molecule has 1 heterocycles. The molecule has 1 aromatic carbocycles. The van der Waals surface area contributed by atoms with Gasteiger partial charge in [-0.2, -0.15) is 0 Å². The van der Waals surface area contributed by atoms with Crippen LogP contribution in [0.15, 0.2) is 24.3 Å². The van der Waals surface area contributed by atoms with E-state index in [2.05, 4.69) is 9.88 Å². The van der Waals surface area contributed by atoms with Crippen molar-refractivity contribution in [2.75, 3.05) is 34.5 Å². The van der Waals surface area contributed by atoms with Gasteiger partial charge in [0.2, 0.25) is 0 Å². The number of nitrogens with zero attached hydrogens (tertiary/aromatic N) is 1. The van der Waals surface area contributed by atoms with Gasteiger partial charge in [-0.1, -0.05) is 19.3 Å². The Hall–Kier alpha value is -2.47. The van der Waals surface area contributed by atoms with Crippen LogP contribution in [0.3, 0.4) is 0 Å². The topological polar surface area (TPSA) is 61.7 Å². The fraction of sp³-hybridized carbons (Fsp3) is 0.542. The highest BCUT2D eigenvalue weighted by Crippen LogP contribution is 2.37. The molecular weight excluding hydrogens is 380 g/mol. The standard InChI is InChI=1S/C24H34N2O4/c1-17-20(24(27)25-12-13-28-2)15-22(26(17)16-18-8-6-5-7-9-18)21-14-19(29-3)10-11-23(21)30-4/h10-11,14-15,18H,5-9,12-13,16H2,1-4H3,(H,25,27). The van der Waals surface area contributed by atoms with Crippen LogP contribution in [0.25, 0.3) is 11.3 Å². The van der Waals surface area contributed by atoms with Gasteiger partial charge in [0.25, 0.3) is 5.91 Å². The Morgan fingerprint density at radius 3 is 2.53 bits per heavy atom. The van der Waals surface area contributed by atoms with E-state index >= 15 is 0 Å². The molecular formula is C24H34N2O4. The summed E-state index contributed by atoms with van der Waals surface area (Å²) >= 11 is 0. The molecule has 0 aliphatic heterocycles. The van der Waals surface area contributed by atoms with Crippen molar-refractivity contribution in [1.29, 1.82) is 0 Å². The van der Waals surface area contributed by atoms with Crippen molar-refractivity contribution in [2.45, 2.75) is 45.6 Å². The minimum absolute atomic E-state index is 0.0740. The second-order valence-electron chi connectivity index (χ2n) is 7.96.